The molecule has 0 saturated heterocycles. The van der Waals surface area contributed by atoms with Gasteiger partial charge in [0, 0.05) is 6.54 Å². The highest BCUT2D eigenvalue weighted by Crippen LogP contribution is 2.22. The van der Waals surface area contributed by atoms with Crippen molar-refractivity contribution in [2.45, 2.75) is 20.3 Å². The number of fused-ring (bicyclic) bond motifs is 1. The highest BCUT2D eigenvalue weighted by molar-refractivity contribution is 7.92. The molecule has 0 spiro atoms. The van der Waals surface area contributed by atoms with Crippen LogP contribution in [-0.4, -0.2) is 40.3 Å². The van der Waals surface area contributed by atoms with E-state index >= 15 is 0 Å². The molecule has 3 aromatic carbocycles. The van der Waals surface area contributed by atoms with Crippen molar-refractivity contribution in [2.75, 3.05) is 30.3 Å². The van der Waals surface area contributed by atoms with E-state index in [0.717, 1.165) is 17.0 Å². The summed E-state index contributed by atoms with van der Waals surface area (Å²) in [7, 11) is -3.62. The third-order valence-electron chi connectivity index (χ3n) is 5.22. The molecule has 0 radical (unpaired) electrons. The number of ether oxygens (including phenoxy) is 1. The predicted octanol–water partition coefficient (Wildman–Crippen LogP) is 4.00. The molecule has 1 unspecified atom stereocenters. The zero-order valence-corrected chi connectivity index (χ0v) is 19.6. The molecule has 1 N–H and O–H groups in total. The molecular weight excluding hydrogens is 424 g/mol. The number of amides is 1. The van der Waals surface area contributed by atoms with E-state index in [1.54, 1.807) is 24.3 Å². The zero-order chi connectivity index (χ0) is 23.1. The molecule has 0 bridgehead atoms. The van der Waals surface area contributed by atoms with Crippen molar-refractivity contribution in [3.05, 3.63) is 72.3 Å². The maximum Gasteiger partial charge on any atom is 0.240 e. The molecule has 32 heavy (non-hydrogen) atoms. The van der Waals surface area contributed by atoms with E-state index in [2.05, 4.69) is 36.5 Å². The number of nitrogens with zero attached hydrogens (tertiary/aromatic N) is 1. The molecule has 0 aromatic heterocycles. The molecule has 3 rings (SSSR count). The first-order valence-electron chi connectivity index (χ1n) is 10.7. The average Bonchev–Trinajstić information content (AvgIpc) is 2.76. The third kappa shape index (κ3) is 6.23. The van der Waals surface area contributed by atoms with Gasteiger partial charge in [0.2, 0.25) is 15.9 Å². The van der Waals surface area contributed by atoms with Crippen LogP contribution in [0.5, 0.6) is 5.75 Å². The Kier molecular flexibility index (Phi) is 7.75. The average molecular weight is 455 g/mol. The summed E-state index contributed by atoms with van der Waals surface area (Å²) < 4.78 is 31.1. The van der Waals surface area contributed by atoms with Gasteiger partial charge in [-0.25, -0.2) is 8.42 Å². The van der Waals surface area contributed by atoms with Crippen LogP contribution in [0.3, 0.4) is 0 Å². The van der Waals surface area contributed by atoms with E-state index in [1.807, 2.05) is 25.1 Å². The third-order valence-corrected chi connectivity index (χ3v) is 6.36. The second-order valence-electron chi connectivity index (χ2n) is 7.95. The van der Waals surface area contributed by atoms with Crippen LogP contribution < -0.4 is 14.4 Å². The molecule has 0 fully saturated rings. The van der Waals surface area contributed by atoms with E-state index in [1.165, 1.54) is 16.3 Å². The number of hydrogen-bond acceptors (Lipinski definition) is 4. The maximum absolute atomic E-state index is 12.6. The Hall–Kier alpha value is -3.06. The van der Waals surface area contributed by atoms with Crippen molar-refractivity contribution >= 4 is 32.4 Å². The molecule has 0 heterocycles. The van der Waals surface area contributed by atoms with E-state index in [4.69, 9.17) is 4.74 Å². The van der Waals surface area contributed by atoms with Crippen LogP contribution in [0.2, 0.25) is 0 Å². The van der Waals surface area contributed by atoms with Crippen LogP contribution in [0.1, 0.15) is 19.4 Å². The predicted molar refractivity (Wildman–Crippen MR) is 130 cm³/mol. The number of carbonyl (C=O) groups excluding carboxylic acids is 1. The molecule has 6 nitrogen and oxygen atoms in total. The first-order valence-corrected chi connectivity index (χ1v) is 12.6. The second kappa shape index (κ2) is 10.5. The van der Waals surface area contributed by atoms with Gasteiger partial charge >= 0.3 is 0 Å². The van der Waals surface area contributed by atoms with Gasteiger partial charge in [-0.3, -0.25) is 9.10 Å². The minimum Gasteiger partial charge on any atom is -0.494 e. The quantitative estimate of drug-likeness (QED) is 0.502. The maximum atomic E-state index is 12.6. The molecule has 0 saturated carbocycles. The second-order valence-corrected chi connectivity index (χ2v) is 9.86. The van der Waals surface area contributed by atoms with Gasteiger partial charge in [-0.2, -0.15) is 0 Å². The van der Waals surface area contributed by atoms with Gasteiger partial charge in [-0.05, 0) is 59.9 Å². The lowest BCUT2D eigenvalue weighted by atomic mass is 9.96. The molecular formula is C25H30N2O4S. The lowest BCUT2D eigenvalue weighted by molar-refractivity contribution is -0.119. The largest absolute Gasteiger partial charge is 0.494 e. The molecule has 0 aliphatic carbocycles. The Labute approximate surface area is 190 Å². The summed E-state index contributed by atoms with van der Waals surface area (Å²) >= 11 is 0. The highest BCUT2D eigenvalue weighted by Gasteiger charge is 2.21. The Balaban J connectivity index is 1.61. The normalized spacial score (nSPS) is 12.3. The van der Waals surface area contributed by atoms with Crippen molar-refractivity contribution in [3.8, 4) is 5.75 Å². The SMILES string of the molecule is CCOc1ccc(N(CC(=O)NCC(C)Cc2cccc3ccccc23)S(C)(=O)=O)cc1. The lowest BCUT2D eigenvalue weighted by Crippen LogP contribution is -2.41. The summed E-state index contributed by atoms with van der Waals surface area (Å²) in [5.74, 6) is 0.507. The van der Waals surface area contributed by atoms with Crippen molar-refractivity contribution in [1.29, 1.82) is 0 Å². The van der Waals surface area contributed by atoms with Crippen LogP contribution in [0.4, 0.5) is 5.69 Å². The smallest absolute Gasteiger partial charge is 0.240 e. The van der Waals surface area contributed by atoms with Gasteiger partial charge in [0.1, 0.15) is 12.3 Å². The van der Waals surface area contributed by atoms with Crippen LogP contribution in [0.25, 0.3) is 10.8 Å². The van der Waals surface area contributed by atoms with Crippen molar-refractivity contribution in [1.82, 2.24) is 5.32 Å². The number of hydrogen-bond donors (Lipinski definition) is 1. The van der Waals surface area contributed by atoms with Crippen LogP contribution in [-0.2, 0) is 21.2 Å². The van der Waals surface area contributed by atoms with E-state index < -0.39 is 10.0 Å². The summed E-state index contributed by atoms with van der Waals surface area (Å²) in [6.45, 7) is 4.66. The molecule has 0 aliphatic heterocycles. The van der Waals surface area contributed by atoms with E-state index in [9.17, 15) is 13.2 Å². The summed E-state index contributed by atoms with van der Waals surface area (Å²) in [6.07, 6.45) is 1.91. The summed E-state index contributed by atoms with van der Waals surface area (Å²) in [5.41, 5.74) is 1.66. The Morgan fingerprint density at radius 2 is 1.72 bits per heavy atom. The summed E-state index contributed by atoms with van der Waals surface area (Å²) in [6, 6.07) is 21.2. The molecule has 3 aromatic rings. The number of anilines is 1. The molecule has 170 valence electrons. The van der Waals surface area contributed by atoms with Gasteiger partial charge in [0.05, 0.1) is 18.6 Å². The number of sulfonamides is 1. The van der Waals surface area contributed by atoms with Crippen molar-refractivity contribution in [3.63, 3.8) is 0 Å². The number of rotatable bonds is 10. The molecule has 7 heteroatoms. The van der Waals surface area contributed by atoms with Gasteiger partial charge in [-0.1, -0.05) is 49.4 Å². The van der Waals surface area contributed by atoms with Crippen LogP contribution in [0, 0.1) is 5.92 Å². The van der Waals surface area contributed by atoms with Crippen molar-refractivity contribution < 1.29 is 17.9 Å². The zero-order valence-electron chi connectivity index (χ0n) is 18.7. The van der Waals surface area contributed by atoms with E-state index in [-0.39, 0.29) is 18.4 Å². The topological polar surface area (TPSA) is 75.7 Å². The van der Waals surface area contributed by atoms with Gasteiger partial charge in [-0.15, -0.1) is 0 Å². The minimum absolute atomic E-state index is 0.196. The monoisotopic (exact) mass is 454 g/mol. The number of carbonyl (C=O) groups is 1. The van der Waals surface area contributed by atoms with Gasteiger partial charge < -0.3 is 10.1 Å². The molecule has 1 atom stereocenters. The van der Waals surface area contributed by atoms with E-state index in [0.29, 0.717) is 24.6 Å². The van der Waals surface area contributed by atoms with Gasteiger partial charge in [0.15, 0.2) is 0 Å². The number of benzene rings is 3. The lowest BCUT2D eigenvalue weighted by Gasteiger charge is -2.22. The Morgan fingerprint density at radius 1 is 1.03 bits per heavy atom. The van der Waals surface area contributed by atoms with Crippen molar-refractivity contribution in [2.24, 2.45) is 5.92 Å². The standard InChI is InChI=1S/C25H30N2O4S/c1-4-31-23-14-12-22(13-15-23)27(32(3,29)30)18-25(28)26-17-19(2)16-21-10-7-9-20-8-5-6-11-24(20)21/h5-15,19H,4,16-18H2,1-3H3,(H,26,28). The fraction of sp³-hybridized carbons (Fsp3) is 0.320. The first kappa shape index (κ1) is 23.6. The highest BCUT2D eigenvalue weighted by atomic mass is 32.2. The minimum atomic E-state index is -3.62. The number of nitrogens with one attached hydrogen (secondary N) is 1. The molecule has 0 aliphatic rings. The first-order chi connectivity index (χ1) is 15.3. The fourth-order valence-electron chi connectivity index (χ4n) is 3.67. The summed E-state index contributed by atoms with van der Waals surface area (Å²) in [5, 5.41) is 5.29. The van der Waals surface area contributed by atoms with Crippen LogP contribution >= 0.6 is 0 Å². The van der Waals surface area contributed by atoms with Gasteiger partial charge in [0.25, 0.3) is 0 Å². The Morgan fingerprint density at radius 3 is 2.41 bits per heavy atom. The Bertz CT molecular complexity index is 1150. The molecule has 1 amide bonds. The van der Waals surface area contributed by atoms with Crippen LogP contribution in [0.15, 0.2) is 66.7 Å². The fourth-order valence-corrected chi connectivity index (χ4v) is 4.52. The summed E-state index contributed by atoms with van der Waals surface area (Å²) in [4.78, 5) is 12.6.